The minimum absolute atomic E-state index is 0.234. The lowest BCUT2D eigenvalue weighted by Crippen LogP contribution is -2.34. The lowest BCUT2D eigenvalue weighted by Gasteiger charge is -2.11. The Morgan fingerprint density at radius 1 is 1.00 bits per heavy atom. The van der Waals surface area contributed by atoms with E-state index in [4.69, 9.17) is 12.2 Å². The van der Waals surface area contributed by atoms with Crippen LogP contribution in [-0.4, -0.2) is 11.0 Å². The number of anilines is 1. The van der Waals surface area contributed by atoms with Crippen LogP contribution in [0, 0.1) is 20.8 Å². The Labute approximate surface area is 144 Å². The van der Waals surface area contributed by atoms with Crippen LogP contribution >= 0.6 is 28.1 Å². The molecular formula is C17H17BrN2OS. The molecular weight excluding hydrogens is 360 g/mol. The smallest absolute Gasteiger partial charge is 0.257 e. The Kier molecular flexibility index (Phi) is 5.32. The third kappa shape index (κ3) is 4.15. The van der Waals surface area contributed by atoms with E-state index in [2.05, 4.69) is 33.5 Å². The lowest BCUT2D eigenvalue weighted by molar-refractivity contribution is 0.0977. The van der Waals surface area contributed by atoms with Gasteiger partial charge in [-0.25, -0.2) is 0 Å². The van der Waals surface area contributed by atoms with Crippen LogP contribution in [0.25, 0.3) is 0 Å². The van der Waals surface area contributed by atoms with Crippen molar-refractivity contribution in [1.82, 2.24) is 5.32 Å². The van der Waals surface area contributed by atoms with Crippen LogP contribution in [0.5, 0.6) is 0 Å². The van der Waals surface area contributed by atoms with Gasteiger partial charge < -0.3 is 5.32 Å². The van der Waals surface area contributed by atoms with Crippen molar-refractivity contribution >= 4 is 44.9 Å². The summed E-state index contributed by atoms with van der Waals surface area (Å²) in [4.78, 5) is 12.2. The standard InChI is InChI=1S/C17H17BrN2OS/c1-10-5-7-14(8-12(10)3)19-17(22)20-16(21)13-6-4-11(2)15(18)9-13/h4-9H,1-3H3,(H2,19,20,21,22). The van der Waals surface area contributed by atoms with Crippen LogP contribution < -0.4 is 10.6 Å². The summed E-state index contributed by atoms with van der Waals surface area (Å²) < 4.78 is 0.896. The molecule has 0 aliphatic carbocycles. The first kappa shape index (κ1) is 16.6. The minimum atomic E-state index is -0.234. The zero-order valence-corrected chi connectivity index (χ0v) is 15.1. The van der Waals surface area contributed by atoms with E-state index >= 15 is 0 Å². The summed E-state index contributed by atoms with van der Waals surface area (Å²) >= 11 is 8.61. The maximum atomic E-state index is 12.2. The molecule has 0 spiro atoms. The summed E-state index contributed by atoms with van der Waals surface area (Å²) in [7, 11) is 0. The number of benzene rings is 2. The van der Waals surface area contributed by atoms with Crippen molar-refractivity contribution in [2.45, 2.75) is 20.8 Å². The Bertz CT molecular complexity index is 743. The highest BCUT2D eigenvalue weighted by molar-refractivity contribution is 9.10. The van der Waals surface area contributed by atoms with E-state index in [1.807, 2.05) is 38.1 Å². The van der Waals surface area contributed by atoms with Crippen molar-refractivity contribution < 1.29 is 4.79 Å². The van der Waals surface area contributed by atoms with Crippen molar-refractivity contribution in [2.75, 3.05) is 5.32 Å². The molecule has 114 valence electrons. The molecule has 1 amide bonds. The Morgan fingerprint density at radius 3 is 2.32 bits per heavy atom. The summed E-state index contributed by atoms with van der Waals surface area (Å²) in [6.45, 7) is 6.05. The highest BCUT2D eigenvalue weighted by atomic mass is 79.9. The van der Waals surface area contributed by atoms with Crippen LogP contribution in [-0.2, 0) is 0 Å². The van der Waals surface area contributed by atoms with Gasteiger partial charge in [0.2, 0.25) is 0 Å². The number of hydrogen-bond donors (Lipinski definition) is 2. The van der Waals surface area contributed by atoms with Gasteiger partial charge >= 0.3 is 0 Å². The molecule has 2 rings (SSSR count). The van der Waals surface area contributed by atoms with Gasteiger partial charge in [0.1, 0.15) is 0 Å². The zero-order chi connectivity index (χ0) is 16.3. The third-order valence-electron chi connectivity index (χ3n) is 3.43. The quantitative estimate of drug-likeness (QED) is 0.758. The largest absolute Gasteiger partial charge is 0.332 e. The van der Waals surface area contributed by atoms with Gasteiger partial charge in [-0.15, -0.1) is 0 Å². The zero-order valence-electron chi connectivity index (χ0n) is 12.7. The summed E-state index contributed by atoms with van der Waals surface area (Å²) in [6.07, 6.45) is 0. The number of carbonyl (C=O) groups is 1. The van der Waals surface area contributed by atoms with E-state index in [1.165, 1.54) is 11.1 Å². The molecule has 0 aliphatic rings. The number of nitrogens with one attached hydrogen (secondary N) is 2. The first-order valence-corrected chi connectivity index (χ1v) is 8.02. The molecule has 3 nitrogen and oxygen atoms in total. The van der Waals surface area contributed by atoms with E-state index < -0.39 is 0 Å². The summed E-state index contributed by atoms with van der Waals surface area (Å²) in [5, 5.41) is 5.99. The Hall–Kier alpha value is -1.72. The maximum Gasteiger partial charge on any atom is 0.257 e. The third-order valence-corrected chi connectivity index (χ3v) is 4.48. The normalized spacial score (nSPS) is 10.2. The van der Waals surface area contributed by atoms with Gasteiger partial charge in [-0.2, -0.15) is 0 Å². The van der Waals surface area contributed by atoms with Gasteiger partial charge in [0, 0.05) is 15.7 Å². The average molecular weight is 377 g/mol. The van der Waals surface area contributed by atoms with Crippen molar-refractivity contribution in [1.29, 1.82) is 0 Å². The topological polar surface area (TPSA) is 41.1 Å². The van der Waals surface area contributed by atoms with Gasteiger partial charge in [0.05, 0.1) is 0 Å². The second kappa shape index (κ2) is 7.03. The van der Waals surface area contributed by atoms with Crippen LogP contribution in [0.3, 0.4) is 0 Å². The molecule has 0 saturated carbocycles. The van der Waals surface area contributed by atoms with Gasteiger partial charge in [0.15, 0.2) is 5.11 Å². The van der Waals surface area contributed by atoms with Crippen LogP contribution in [0.15, 0.2) is 40.9 Å². The van der Waals surface area contributed by atoms with E-state index in [0.717, 1.165) is 15.7 Å². The van der Waals surface area contributed by atoms with Crippen molar-refractivity contribution in [2.24, 2.45) is 0 Å². The maximum absolute atomic E-state index is 12.2. The van der Waals surface area contributed by atoms with Gasteiger partial charge in [-0.1, -0.05) is 28.1 Å². The molecule has 2 aromatic rings. The Balaban J connectivity index is 2.03. The number of aryl methyl sites for hydroxylation is 3. The van der Waals surface area contributed by atoms with Gasteiger partial charge in [0.25, 0.3) is 5.91 Å². The fourth-order valence-corrected chi connectivity index (χ4v) is 2.48. The van der Waals surface area contributed by atoms with E-state index in [0.29, 0.717) is 5.56 Å². The molecule has 0 unspecified atom stereocenters. The number of thiocarbonyl (C=S) groups is 1. The molecule has 22 heavy (non-hydrogen) atoms. The molecule has 0 heterocycles. The second-order valence-electron chi connectivity index (χ2n) is 5.17. The molecule has 2 N–H and O–H groups in total. The van der Waals surface area contributed by atoms with E-state index in [-0.39, 0.29) is 11.0 Å². The molecule has 0 bridgehead atoms. The van der Waals surface area contributed by atoms with Gasteiger partial charge in [-0.3, -0.25) is 10.1 Å². The first-order chi connectivity index (χ1) is 10.4. The fraction of sp³-hybridized carbons (Fsp3) is 0.176. The number of rotatable bonds is 2. The predicted octanol–water partition coefficient (Wildman–Crippen LogP) is 4.50. The summed E-state index contributed by atoms with van der Waals surface area (Å²) in [5.41, 5.74) is 4.87. The molecule has 2 aromatic carbocycles. The Morgan fingerprint density at radius 2 is 1.68 bits per heavy atom. The van der Waals surface area contributed by atoms with Crippen molar-refractivity contribution in [3.63, 3.8) is 0 Å². The minimum Gasteiger partial charge on any atom is -0.332 e. The number of hydrogen-bond acceptors (Lipinski definition) is 2. The highest BCUT2D eigenvalue weighted by Gasteiger charge is 2.09. The fourth-order valence-electron chi connectivity index (χ4n) is 1.89. The van der Waals surface area contributed by atoms with Gasteiger partial charge in [-0.05, 0) is 73.9 Å². The molecule has 0 atom stereocenters. The first-order valence-electron chi connectivity index (χ1n) is 6.82. The molecule has 0 saturated heterocycles. The van der Waals surface area contributed by atoms with Crippen LogP contribution in [0.4, 0.5) is 5.69 Å². The molecule has 0 aliphatic heterocycles. The van der Waals surface area contributed by atoms with Crippen LogP contribution in [0.2, 0.25) is 0 Å². The second-order valence-corrected chi connectivity index (χ2v) is 6.43. The average Bonchev–Trinajstić information content (AvgIpc) is 2.45. The summed E-state index contributed by atoms with van der Waals surface area (Å²) in [5.74, 6) is -0.234. The molecule has 0 radical (unpaired) electrons. The van der Waals surface area contributed by atoms with Crippen LogP contribution in [0.1, 0.15) is 27.0 Å². The lowest BCUT2D eigenvalue weighted by atomic mass is 10.1. The molecule has 0 aromatic heterocycles. The number of halogens is 1. The SMILES string of the molecule is Cc1ccc(NC(=S)NC(=O)c2ccc(C)c(Br)c2)cc1C. The number of amides is 1. The molecule has 5 heteroatoms. The summed E-state index contributed by atoms with van der Waals surface area (Å²) in [6, 6.07) is 11.4. The van der Waals surface area contributed by atoms with Crippen molar-refractivity contribution in [3.8, 4) is 0 Å². The van der Waals surface area contributed by atoms with E-state index in [1.54, 1.807) is 12.1 Å². The predicted molar refractivity (Wildman–Crippen MR) is 98.5 cm³/mol. The van der Waals surface area contributed by atoms with E-state index in [9.17, 15) is 4.79 Å². The molecule has 0 fully saturated rings. The highest BCUT2D eigenvalue weighted by Crippen LogP contribution is 2.17. The monoisotopic (exact) mass is 376 g/mol. The van der Waals surface area contributed by atoms with Crippen molar-refractivity contribution in [3.05, 3.63) is 63.1 Å². The number of carbonyl (C=O) groups excluding carboxylic acids is 1.